The average molecular weight is 245 g/mol. The summed E-state index contributed by atoms with van der Waals surface area (Å²) in [5, 5.41) is 0. The Kier molecular flexibility index (Phi) is 3.11. The van der Waals surface area contributed by atoms with Crippen LogP contribution >= 0.6 is 0 Å². The lowest BCUT2D eigenvalue weighted by molar-refractivity contribution is 1.27. The molecular weight excluding hydrogens is 230 g/mol. The van der Waals surface area contributed by atoms with Gasteiger partial charge in [0.2, 0.25) is 0 Å². The van der Waals surface area contributed by atoms with Crippen LogP contribution in [0.4, 0.5) is 0 Å². The van der Waals surface area contributed by atoms with Gasteiger partial charge < -0.3 is 0 Å². The van der Waals surface area contributed by atoms with Gasteiger partial charge in [-0.1, -0.05) is 48.5 Å². The normalized spacial score (nSPS) is 10.4. The van der Waals surface area contributed by atoms with Gasteiger partial charge in [0, 0.05) is 12.4 Å². The fourth-order valence-corrected chi connectivity index (χ4v) is 2.29. The molecule has 0 aliphatic carbocycles. The largest absolute Gasteiger partial charge is 0.264 e. The van der Waals surface area contributed by atoms with E-state index in [-0.39, 0.29) is 0 Å². The molecule has 3 rings (SSSR count). The van der Waals surface area contributed by atoms with Crippen LogP contribution in [-0.4, -0.2) is 4.98 Å². The lowest BCUT2D eigenvalue weighted by atomic mass is 9.98. The van der Waals surface area contributed by atoms with Crippen molar-refractivity contribution in [2.24, 2.45) is 0 Å². The zero-order valence-corrected chi connectivity index (χ0v) is 10.9. The van der Waals surface area contributed by atoms with Crippen LogP contribution in [0.5, 0.6) is 0 Å². The van der Waals surface area contributed by atoms with E-state index in [1.165, 1.54) is 27.8 Å². The van der Waals surface area contributed by atoms with E-state index >= 15 is 0 Å². The number of rotatable bonds is 2. The van der Waals surface area contributed by atoms with Crippen molar-refractivity contribution in [3.05, 3.63) is 78.6 Å². The van der Waals surface area contributed by atoms with Gasteiger partial charge in [-0.25, -0.2) is 0 Å². The van der Waals surface area contributed by atoms with E-state index in [1.54, 1.807) is 0 Å². The van der Waals surface area contributed by atoms with E-state index in [4.69, 9.17) is 0 Å². The third-order valence-corrected chi connectivity index (χ3v) is 3.30. The molecule has 0 aliphatic heterocycles. The molecule has 0 atom stereocenters. The fraction of sp³-hybridized carbons (Fsp3) is 0.0556. The summed E-state index contributed by atoms with van der Waals surface area (Å²) < 4.78 is 0. The Bertz CT molecular complexity index is 687. The lowest BCUT2D eigenvalue weighted by Crippen LogP contribution is -1.85. The van der Waals surface area contributed by atoms with Gasteiger partial charge in [0.15, 0.2) is 0 Å². The van der Waals surface area contributed by atoms with Crippen LogP contribution in [0.15, 0.2) is 73.1 Å². The molecule has 1 heteroatoms. The average Bonchev–Trinajstić information content (AvgIpc) is 2.49. The first kappa shape index (κ1) is 11.7. The van der Waals surface area contributed by atoms with Crippen molar-refractivity contribution >= 4 is 0 Å². The van der Waals surface area contributed by atoms with Crippen molar-refractivity contribution in [1.82, 2.24) is 4.98 Å². The zero-order valence-electron chi connectivity index (χ0n) is 10.9. The quantitative estimate of drug-likeness (QED) is 0.636. The van der Waals surface area contributed by atoms with Crippen LogP contribution in [0.3, 0.4) is 0 Å². The van der Waals surface area contributed by atoms with E-state index < -0.39 is 0 Å². The minimum atomic E-state index is 1.20. The molecule has 92 valence electrons. The van der Waals surface area contributed by atoms with Crippen LogP contribution in [0.2, 0.25) is 0 Å². The molecule has 0 saturated carbocycles. The minimum Gasteiger partial charge on any atom is -0.264 e. The molecule has 1 aromatic heterocycles. The summed E-state index contributed by atoms with van der Waals surface area (Å²) in [4.78, 5) is 4.15. The highest BCUT2D eigenvalue weighted by Gasteiger charge is 2.03. The standard InChI is InChI=1S/C18H15N/c1-14-13-19-11-10-18(14)17-9-5-8-16(12-17)15-6-3-2-4-7-15/h2-13H,1H3. The van der Waals surface area contributed by atoms with Crippen LogP contribution in [0, 0.1) is 6.92 Å². The second kappa shape index (κ2) is 5.07. The van der Waals surface area contributed by atoms with Crippen molar-refractivity contribution in [2.75, 3.05) is 0 Å². The van der Waals surface area contributed by atoms with Gasteiger partial charge >= 0.3 is 0 Å². The summed E-state index contributed by atoms with van der Waals surface area (Å²) in [5.41, 5.74) is 6.17. The van der Waals surface area contributed by atoms with Gasteiger partial charge in [-0.15, -0.1) is 0 Å². The molecule has 0 bridgehead atoms. The zero-order chi connectivity index (χ0) is 13.1. The Balaban J connectivity index is 2.09. The molecule has 3 aromatic rings. The van der Waals surface area contributed by atoms with Crippen LogP contribution in [-0.2, 0) is 0 Å². The first-order valence-electron chi connectivity index (χ1n) is 6.41. The Labute approximate surface area is 113 Å². The van der Waals surface area contributed by atoms with Crippen LogP contribution in [0.1, 0.15) is 5.56 Å². The number of hydrogen-bond donors (Lipinski definition) is 0. The molecule has 0 aliphatic rings. The Hall–Kier alpha value is -2.41. The third kappa shape index (κ3) is 2.41. The van der Waals surface area contributed by atoms with E-state index in [0.717, 1.165) is 0 Å². The van der Waals surface area contributed by atoms with Crippen LogP contribution in [0.25, 0.3) is 22.3 Å². The molecule has 0 saturated heterocycles. The summed E-state index contributed by atoms with van der Waals surface area (Å²) in [6.07, 6.45) is 3.75. The van der Waals surface area contributed by atoms with Gasteiger partial charge in [-0.3, -0.25) is 4.98 Å². The first-order valence-corrected chi connectivity index (χ1v) is 6.41. The SMILES string of the molecule is Cc1cnccc1-c1cccc(-c2ccccc2)c1. The molecule has 19 heavy (non-hydrogen) atoms. The summed E-state index contributed by atoms with van der Waals surface area (Å²) in [5.74, 6) is 0. The maximum absolute atomic E-state index is 4.15. The summed E-state index contributed by atoms with van der Waals surface area (Å²) in [7, 11) is 0. The predicted molar refractivity (Wildman–Crippen MR) is 79.8 cm³/mol. The van der Waals surface area contributed by atoms with Crippen LogP contribution < -0.4 is 0 Å². The second-order valence-electron chi connectivity index (χ2n) is 4.64. The Morgan fingerprint density at radius 3 is 2.26 bits per heavy atom. The number of nitrogens with zero attached hydrogens (tertiary/aromatic N) is 1. The van der Waals surface area contributed by atoms with Crippen molar-refractivity contribution in [3.8, 4) is 22.3 Å². The maximum atomic E-state index is 4.15. The van der Waals surface area contributed by atoms with Crippen molar-refractivity contribution in [2.45, 2.75) is 6.92 Å². The summed E-state index contributed by atoms with van der Waals surface area (Å²) in [6.45, 7) is 2.09. The van der Waals surface area contributed by atoms with Gasteiger partial charge in [0.25, 0.3) is 0 Å². The van der Waals surface area contributed by atoms with E-state index in [9.17, 15) is 0 Å². The third-order valence-electron chi connectivity index (χ3n) is 3.30. The van der Waals surface area contributed by atoms with E-state index in [0.29, 0.717) is 0 Å². The summed E-state index contributed by atoms with van der Waals surface area (Å²) in [6, 6.07) is 21.2. The summed E-state index contributed by atoms with van der Waals surface area (Å²) >= 11 is 0. The van der Waals surface area contributed by atoms with Gasteiger partial charge in [-0.2, -0.15) is 0 Å². The van der Waals surface area contributed by atoms with Crippen molar-refractivity contribution in [3.63, 3.8) is 0 Å². The molecule has 1 heterocycles. The number of hydrogen-bond acceptors (Lipinski definition) is 1. The predicted octanol–water partition coefficient (Wildman–Crippen LogP) is 4.72. The van der Waals surface area contributed by atoms with E-state index in [1.807, 2.05) is 18.5 Å². The minimum absolute atomic E-state index is 1.20. The first-order chi connectivity index (χ1) is 9.34. The molecule has 0 amide bonds. The molecule has 0 spiro atoms. The fourth-order valence-electron chi connectivity index (χ4n) is 2.29. The molecule has 0 fully saturated rings. The lowest BCUT2D eigenvalue weighted by Gasteiger charge is -2.08. The smallest absolute Gasteiger partial charge is 0.0303 e. The molecular formula is C18H15N. The molecule has 0 N–H and O–H groups in total. The topological polar surface area (TPSA) is 12.9 Å². The number of pyridine rings is 1. The van der Waals surface area contributed by atoms with Crippen molar-refractivity contribution in [1.29, 1.82) is 0 Å². The van der Waals surface area contributed by atoms with E-state index in [2.05, 4.69) is 66.5 Å². The molecule has 0 unspecified atom stereocenters. The van der Waals surface area contributed by atoms with Gasteiger partial charge in [0.05, 0.1) is 0 Å². The number of aromatic nitrogens is 1. The molecule has 1 nitrogen and oxygen atoms in total. The highest BCUT2D eigenvalue weighted by atomic mass is 14.6. The maximum Gasteiger partial charge on any atom is 0.0303 e. The Morgan fingerprint density at radius 2 is 1.47 bits per heavy atom. The Morgan fingerprint density at radius 1 is 0.737 bits per heavy atom. The van der Waals surface area contributed by atoms with Gasteiger partial charge in [-0.05, 0) is 46.9 Å². The second-order valence-corrected chi connectivity index (χ2v) is 4.64. The molecule has 0 radical (unpaired) electrons. The number of benzene rings is 2. The highest BCUT2D eigenvalue weighted by molar-refractivity contribution is 5.74. The van der Waals surface area contributed by atoms with Gasteiger partial charge in [0.1, 0.15) is 0 Å². The monoisotopic (exact) mass is 245 g/mol. The van der Waals surface area contributed by atoms with Crippen molar-refractivity contribution < 1.29 is 0 Å². The molecule has 2 aromatic carbocycles. The highest BCUT2D eigenvalue weighted by Crippen LogP contribution is 2.27. The number of aryl methyl sites for hydroxylation is 1.